The quantitative estimate of drug-likeness (QED) is 0.691. The van der Waals surface area contributed by atoms with Gasteiger partial charge in [-0.1, -0.05) is 0 Å². The summed E-state index contributed by atoms with van der Waals surface area (Å²) in [5.41, 5.74) is 4.16. The minimum Gasteiger partial charge on any atom is -0.483 e. The van der Waals surface area contributed by atoms with E-state index in [0.29, 0.717) is 18.1 Å². The number of anilines is 1. The lowest BCUT2D eigenvalue weighted by Gasteiger charge is -2.08. The van der Waals surface area contributed by atoms with Gasteiger partial charge < -0.3 is 10.1 Å². The van der Waals surface area contributed by atoms with Crippen molar-refractivity contribution in [2.45, 2.75) is 46.0 Å². The van der Waals surface area contributed by atoms with Crippen LogP contribution in [0, 0.1) is 13.8 Å². The number of rotatable bonds is 4. The van der Waals surface area contributed by atoms with E-state index in [0.717, 1.165) is 36.2 Å². The Labute approximate surface area is 149 Å². The number of nitrogens with one attached hydrogen (secondary N) is 2. The highest BCUT2D eigenvalue weighted by molar-refractivity contribution is 5.89. The van der Waals surface area contributed by atoms with Gasteiger partial charge in [-0.2, -0.15) is 4.98 Å². The highest BCUT2D eigenvalue weighted by Crippen LogP contribution is 2.19. The van der Waals surface area contributed by atoms with E-state index in [1.54, 1.807) is 13.1 Å². The summed E-state index contributed by atoms with van der Waals surface area (Å²) in [5, 5.41) is 9.63. The molecular weight excluding hydrogens is 338 g/mol. The van der Waals surface area contributed by atoms with Crippen molar-refractivity contribution in [1.29, 1.82) is 0 Å². The van der Waals surface area contributed by atoms with Gasteiger partial charge in [-0.05, 0) is 50.7 Å². The smallest absolute Gasteiger partial charge is 0.345 e. The number of aromatic amines is 1. The maximum atomic E-state index is 12.1. The molecule has 0 unspecified atom stereocenters. The largest absolute Gasteiger partial charge is 0.483 e. The summed E-state index contributed by atoms with van der Waals surface area (Å²) >= 11 is 0. The van der Waals surface area contributed by atoms with Crippen molar-refractivity contribution in [2.24, 2.45) is 0 Å². The first-order valence-electron chi connectivity index (χ1n) is 8.23. The number of H-pyrrole nitrogens is 1. The molecule has 1 aliphatic carbocycles. The maximum Gasteiger partial charge on any atom is 0.345 e. The van der Waals surface area contributed by atoms with Crippen LogP contribution in [0.15, 0.2) is 11.0 Å². The Morgan fingerprint density at radius 3 is 2.77 bits per heavy atom. The fourth-order valence-corrected chi connectivity index (χ4v) is 2.92. The Morgan fingerprint density at radius 1 is 1.35 bits per heavy atom. The zero-order valence-corrected chi connectivity index (χ0v) is 14.7. The number of carbonyl (C=O) groups excluding carboxylic acids is 1. The van der Waals surface area contributed by atoms with Crippen molar-refractivity contribution in [3.8, 4) is 0 Å². The lowest BCUT2D eigenvalue weighted by molar-refractivity contribution is -0.123. The highest BCUT2D eigenvalue weighted by atomic mass is 16.3. The lowest BCUT2D eigenvalue weighted by atomic mass is 10.1. The van der Waals surface area contributed by atoms with Gasteiger partial charge in [0.15, 0.2) is 0 Å². The highest BCUT2D eigenvalue weighted by Gasteiger charge is 2.15. The van der Waals surface area contributed by atoms with E-state index < -0.39 is 0 Å². The van der Waals surface area contributed by atoms with Crippen LogP contribution >= 0.6 is 0 Å². The minimum atomic E-state index is -0.361. The van der Waals surface area contributed by atoms with Gasteiger partial charge >= 0.3 is 5.69 Å². The zero-order chi connectivity index (χ0) is 19.1. The third-order valence-corrected chi connectivity index (χ3v) is 4.12. The van der Waals surface area contributed by atoms with Crippen molar-refractivity contribution in [2.75, 3.05) is 5.32 Å². The number of fused-ring (bicyclic) bond motifs is 1. The number of hydrogen-bond donors (Lipinski definition) is 3. The molecule has 0 fully saturated rings. The molecule has 3 rings (SSSR count). The standard InChI is InChI=1S/C16H19N5O2.CH2O2/c1-9-12(10(2)19-16(23)18-9)6-7-14(22)21-15-17-8-11-4-3-5-13(11)20-15;2-1-3/h8H,3-7H2,1-2H3,(H,18,19,23)(H,17,20,21,22);1H,(H,2,3). The van der Waals surface area contributed by atoms with Gasteiger partial charge in [0.1, 0.15) is 0 Å². The van der Waals surface area contributed by atoms with Crippen molar-refractivity contribution < 1.29 is 14.7 Å². The Kier molecular flexibility index (Phi) is 6.54. The van der Waals surface area contributed by atoms with Crippen LogP contribution in [0.3, 0.4) is 0 Å². The number of hydrogen-bond acceptors (Lipinski definition) is 6. The molecule has 0 aliphatic heterocycles. The van der Waals surface area contributed by atoms with E-state index in [2.05, 4.69) is 25.3 Å². The number of nitrogens with zero attached hydrogens (tertiary/aromatic N) is 3. The normalized spacial score (nSPS) is 11.9. The Hall–Kier alpha value is -3.10. The molecule has 0 saturated carbocycles. The van der Waals surface area contributed by atoms with E-state index in [4.69, 9.17) is 9.90 Å². The average molecular weight is 359 g/mol. The molecule has 1 aliphatic rings. The second-order valence-corrected chi connectivity index (χ2v) is 5.90. The maximum absolute atomic E-state index is 12.1. The van der Waals surface area contributed by atoms with E-state index in [9.17, 15) is 9.59 Å². The molecule has 26 heavy (non-hydrogen) atoms. The van der Waals surface area contributed by atoms with Crippen LogP contribution in [0.2, 0.25) is 0 Å². The molecule has 138 valence electrons. The van der Waals surface area contributed by atoms with Gasteiger partial charge in [0, 0.05) is 29.7 Å². The van der Waals surface area contributed by atoms with Gasteiger partial charge in [0.2, 0.25) is 11.9 Å². The molecule has 2 heterocycles. The number of aromatic nitrogens is 4. The second-order valence-electron chi connectivity index (χ2n) is 5.90. The molecule has 0 atom stereocenters. The molecule has 2 aromatic rings. The summed E-state index contributed by atoms with van der Waals surface area (Å²) in [7, 11) is 0. The third kappa shape index (κ3) is 4.95. The van der Waals surface area contributed by atoms with Gasteiger partial charge in [0.05, 0.1) is 0 Å². The van der Waals surface area contributed by atoms with E-state index >= 15 is 0 Å². The SMILES string of the molecule is Cc1nc(=O)[nH]c(C)c1CCC(=O)Nc1ncc2c(n1)CCC2.O=CO. The first kappa shape index (κ1) is 19.2. The summed E-state index contributed by atoms with van der Waals surface area (Å²) in [6.45, 7) is 3.34. The predicted octanol–water partition coefficient (Wildman–Crippen LogP) is 0.938. The second kappa shape index (κ2) is 8.84. The monoisotopic (exact) mass is 359 g/mol. The molecule has 0 spiro atoms. The molecule has 1 amide bonds. The van der Waals surface area contributed by atoms with Gasteiger partial charge in [-0.15, -0.1) is 0 Å². The minimum absolute atomic E-state index is 0.145. The Balaban J connectivity index is 0.000000758. The number of carboxylic acid groups (broad SMARTS) is 1. The zero-order valence-electron chi connectivity index (χ0n) is 14.7. The summed E-state index contributed by atoms with van der Waals surface area (Å²) < 4.78 is 0. The molecule has 0 bridgehead atoms. The molecule has 0 saturated heterocycles. The molecular formula is C17H21N5O4. The molecule has 0 radical (unpaired) electrons. The van der Waals surface area contributed by atoms with Crippen molar-refractivity contribution in [3.05, 3.63) is 44.9 Å². The van der Waals surface area contributed by atoms with Crippen LogP contribution in [-0.4, -0.2) is 37.4 Å². The molecule has 3 N–H and O–H groups in total. The summed E-state index contributed by atoms with van der Waals surface area (Å²) in [4.78, 5) is 46.8. The average Bonchev–Trinajstić information content (AvgIpc) is 3.02. The van der Waals surface area contributed by atoms with Crippen molar-refractivity contribution in [3.63, 3.8) is 0 Å². The van der Waals surface area contributed by atoms with Crippen molar-refractivity contribution in [1.82, 2.24) is 19.9 Å². The molecule has 9 nitrogen and oxygen atoms in total. The third-order valence-electron chi connectivity index (χ3n) is 4.12. The van der Waals surface area contributed by atoms with E-state index in [1.807, 2.05) is 6.92 Å². The number of amides is 1. The number of aryl methyl sites for hydroxylation is 4. The van der Waals surface area contributed by atoms with Crippen LogP contribution in [0.4, 0.5) is 5.95 Å². The fraction of sp³-hybridized carbons (Fsp3) is 0.412. The summed E-state index contributed by atoms with van der Waals surface area (Å²) in [6, 6.07) is 0. The summed E-state index contributed by atoms with van der Waals surface area (Å²) in [5.74, 6) is 0.219. The van der Waals surface area contributed by atoms with E-state index in [-0.39, 0.29) is 24.5 Å². The van der Waals surface area contributed by atoms with Gasteiger partial charge in [-0.25, -0.2) is 14.8 Å². The molecule has 0 aromatic carbocycles. The topological polar surface area (TPSA) is 138 Å². The van der Waals surface area contributed by atoms with Gasteiger partial charge in [0.25, 0.3) is 6.47 Å². The first-order chi connectivity index (χ1) is 12.4. The van der Waals surface area contributed by atoms with Crippen molar-refractivity contribution >= 4 is 18.3 Å². The van der Waals surface area contributed by atoms with Gasteiger partial charge in [-0.3, -0.25) is 14.9 Å². The lowest BCUT2D eigenvalue weighted by Crippen LogP contribution is -2.19. The summed E-state index contributed by atoms with van der Waals surface area (Å²) in [6.07, 6.45) is 5.65. The first-order valence-corrected chi connectivity index (χ1v) is 8.23. The van der Waals surface area contributed by atoms with Crippen LogP contribution in [0.5, 0.6) is 0 Å². The van der Waals surface area contributed by atoms with Crippen LogP contribution in [0.1, 0.15) is 41.1 Å². The molecule has 2 aromatic heterocycles. The fourth-order valence-electron chi connectivity index (χ4n) is 2.92. The molecule has 9 heteroatoms. The van der Waals surface area contributed by atoms with E-state index in [1.165, 1.54) is 5.56 Å². The predicted molar refractivity (Wildman–Crippen MR) is 94.0 cm³/mol. The number of carbonyl (C=O) groups is 2. The Morgan fingerprint density at radius 2 is 2.08 bits per heavy atom. The van der Waals surface area contributed by atoms with Crippen LogP contribution < -0.4 is 11.0 Å². The van der Waals surface area contributed by atoms with Crippen LogP contribution in [0.25, 0.3) is 0 Å². The van der Waals surface area contributed by atoms with Crippen LogP contribution in [-0.2, 0) is 28.9 Å². The Bertz CT molecular complexity index is 836.